The predicted molar refractivity (Wildman–Crippen MR) is 222 cm³/mol. The van der Waals surface area contributed by atoms with Gasteiger partial charge in [0.05, 0.1) is 11.9 Å². The van der Waals surface area contributed by atoms with Crippen molar-refractivity contribution in [1.82, 2.24) is 10.2 Å². The number of esters is 1. The number of hydrogen-bond donors (Lipinski definition) is 1. The van der Waals surface area contributed by atoms with Gasteiger partial charge in [-0.1, -0.05) is 58.9 Å². The summed E-state index contributed by atoms with van der Waals surface area (Å²) in [5.41, 5.74) is 5.86. The minimum atomic E-state index is -2.94. The summed E-state index contributed by atoms with van der Waals surface area (Å²) >= 11 is 0. The highest BCUT2D eigenvalue weighted by atomic mass is 32.2. The number of nitrogens with one attached hydrogen (secondary N) is 1. The standard InChI is InChI=1S/C47H76N2O4S/c1-10-53-41(50)31-33-11-13-34(14-12-33)37-18-22-44(6)39(43(37,4)5)19-23-46(8)40(44)16-15-38-42-36(32(2)3)17-24-47(42,26-25-45(38,46)7)48-27-30-49-28-20-35(21-29-49)54(9,51)52/h13,18,33,35-36,38-40,42,48H,2,10-12,14-17,19-31H2,1,3-9H3/t33?,36-,38+,39-,40+,42+,44-,45+,46+,47-/m0/s1. The second-order valence-corrected chi connectivity index (χ2v) is 23.4. The zero-order valence-electron chi connectivity index (χ0n) is 35.5. The van der Waals surface area contributed by atoms with Gasteiger partial charge < -0.3 is 15.0 Å². The molecule has 4 saturated carbocycles. The number of sulfone groups is 1. The molecule has 1 heterocycles. The van der Waals surface area contributed by atoms with Crippen molar-refractivity contribution in [2.75, 3.05) is 39.0 Å². The van der Waals surface area contributed by atoms with E-state index in [0.717, 1.165) is 64.2 Å². The molecule has 1 unspecified atom stereocenters. The van der Waals surface area contributed by atoms with E-state index in [-0.39, 0.29) is 22.2 Å². The Labute approximate surface area is 330 Å². The van der Waals surface area contributed by atoms with Crippen molar-refractivity contribution in [3.05, 3.63) is 35.5 Å². The summed E-state index contributed by atoms with van der Waals surface area (Å²) in [5.74, 6) is 3.75. The average Bonchev–Trinajstić information content (AvgIpc) is 3.49. The number of rotatable bonds is 10. The van der Waals surface area contributed by atoms with Gasteiger partial charge in [-0.25, -0.2) is 8.42 Å². The highest BCUT2D eigenvalue weighted by Crippen LogP contribution is 2.76. The SMILES string of the molecule is C=C(C)[C@@H]1CC[C@]2(NCCN3CCC(S(C)(=O)=O)CC3)CC[C@]3(C)[C@H](CC[C@@H]4[C@@]5(C)CC=C(C6=CCC(CC(=O)OCC)CC6)C(C)(C)[C@@H]5CC[C@]43C)[C@@H]12. The lowest BCUT2D eigenvalue weighted by Crippen LogP contribution is -2.68. The van der Waals surface area contributed by atoms with Gasteiger partial charge in [-0.05, 0) is 185 Å². The fourth-order valence-electron chi connectivity index (χ4n) is 15.4. The van der Waals surface area contributed by atoms with E-state index in [0.29, 0.717) is 58.9 Å². The summed E-state index contributed by atoms with van der Waals surface area (Å²) in [5, 5.41) is 4.12. The summed E-state index contributed by atoms with van der Waals surface area (Å²) in [6, 6.07) is 0. The number of nitrogens with zero attached hydrogens (tertiary/aromatic N) is 1. The first kappa shape index (κ1) is 40.7. The minimum absolute atomic E-state index is 0.0374. The van der Waals surface area contributed by atoms with Crippen molar-refractivity contribution in [1.29, 1.82) is 0 Å². The Morgan fingerprint density at radius 3 is 2.31 bits per heavy atom. The van der Waals surface area contributed by atoms with E-state index in [1.165, 1.54) is 69.6 Å². The Balaban J connectivity index is 1.08. The molecule has 7 aliphatic rings. The number of carbonyl (C=O) groups excluding carboxylic acids is 1. The third-order valence-electron chi connectivity index (χ3n) is 18.3. The first-order chi connectivity index (χ1) is 25.4. The fraction of sp³-hybridized carbons (Fsp3) is 0.851. The molecule has 1 saturated heterocycles. The smallest absolute Gasteiger partial charge is 0.306 e. The summed E-state index contributed by atoms with van der Waals surface area (Å²) in [4.78, 5) is 14.7. The van der Waals surface area contributed by atoms with Crippen LogP contribution in [0.3, 0.4) is 0 Å². The zero-order chi connectivity index (χ0) is 38.9. The quantitative estimate of drug-likeness (QED) is 0.177. The Morgan fingerprint density at radius 1 is 0.926 bits per heavy atom. The van der Waals surface area contributed by atoms with Crippen LogP contribution in [0.15, 0.2) is 35.5 Å². The van der Waals surface area contributed by atoms with Crippen molar-refractivity contribution < 1.29 is 17.9 Å². The molecule has 0 aromatic carbocycles. The average molecular weight is 765 g/mol. The molecule has 10 atom stereocenters. The first-order valence-corrected chi connectivity index (χ1v) is 24.2. The second kappa shape index (κ2) is 14.7. The van der Waals surface area contributed by atoms with Crippen LogP contribution in [0.2, 0.25) is 0 Å². The molecule has 0 radical (unpaired) electrons. The largest absolute Gasteiger partial charge is 0.466 e. The molecular formula is C47H76N2O4S. The molecule has 7 rings (SSSR count). The van der Waals surface area contributed by atoms with Crippen LogP contribution in [0.25, 0.3) is 0 Å². The Morgan fingerprint density at radius 2 is 1.67 bits per heavy atom. The molecule has 0 amide bonds. The first-order valence-electron chi connectivity index (χ1n) is 22.3. The number of likely N-dealkylation sites (tertiary alicyclic amines) is 1. The Hall–Kier alpha value is -1.44. The number of piperidine rings is 1. The number of fused-ring (bicyclic) bond motifs is 7. The monoisotopic (exact) mass is 765 g/mol. The highest BCUT2D eigenvalue weighted by Gasteiger charge is 2.70. The van der Waals surface area contributed by atoms with E-state index in [4.69, 9.17) is 4.74 Å². The van der Waals surface area contributed by atoms with Gasteiger partial charge >= 0.3 is 5.97 Å². The molecule has 0 aromatic rings. The molecular weight excluding hydrogens is 689 g/mol. The van der Waals surface area contributed by atoms with Crippen LogP contribution in [0.5, 0.6) is 0 Å². The Kier molecular flexibility index (Phi) is 11.1. The van der Waals surface area contributed by atoms with Gasteiger partial charge in [0.25, 0.3) is 0 Å². The second-order valence-electron chi connectivity index (χ2n) is 21.1. The molecule has 6 aliphatic carbocycles. The van der Waals surface area contributed by atoms with Crippen molar-refractivity contribution in [3.63, 3.8) is 0 Å². The van der Waals surface area contributed by atoms with Crippen molar-refractivity contribution in [2.45, 2.75) is 156 Å². The summed E-state index contributed by atoms with van der Waals surface area (Å²) < 4.78 is 29.6. The van der Waals surface area contributed by atoms with Gasteiger partial charge in [0, 0.05) is 31.3 Å². The molecule has 5 fully saturated rings. The molecule has 6 nitrogen and oxygen atoms in total. The summed E-state index contributed by atoms with van der Waals surface area (Å²) in [7, 11) is -2.94. The van der Waals surface area contributed by atoms with Gasteiger partial charge in [-0.3, -0.25) is 4.79 Å². The van der Waals surface area contributed by atoms with E-state index in [1.54, 1.807) is 11.1 Å². The highest BCUT2D eigenvalue weighted by molar-refractivity contribution is 7.91. The lowest BCUT2D eigenvalue weighted by molar-refractivity contribution is -0.221. The van der Waals surface area contributed by atoms with Crippen LogP contribution in [-0.4, -0.2) is 69.1 Å². The fourth-order valence-corrected chi connectivity index (χ4v) is 16.5. The Bertz CT molecular complexity index is 1620. The van der Waals surface area contributed by atoms with E-state index < -0.39 is 9.84 Å². The number of ether oxygens (including phenoxy) is 1. The normalized spacial score (nSPS) is 42.4. The molecule has 1 N–H and O–H groups in total. The maximum atomic E-state index is 12.2. The summed E-state index contributed by atoms with van der Waals surface area (Å²) in [6.45, 7) is 26.5. The maximum Gasteiger partial charge on any atom is 0.306 e. The summed E-state index contributed by atoms with van der Waals surface area (Å²) in [6.07, 6.45) is 23.6. The van der Waals surface area contributed by atoms with Crippen LogP contribution in [0, 0.1) is 57.2 Å². The molecule has 304 valence electrons. The van der Waals surface area contributed by atoms with Crippen LogP contribution in [0.4, 0.5) is 0 Å². The van der Waals surface area contributed by atoms with Gasteiger partial charge in [-0.2, -0.15) is 0 Å². The predicted octanol–water partition coefficient (Wildman–Crippen LogP) is 9.71. The van der Waals surface area contributed by atoms with Gasteiger partial charge in [0.1, 0.15) is 9.84 Å². The zero-order valence-corrected chi connectivity index (χ0v) is 36.4. The van der Waals surface area contributed by atoms with Crippen LogP contribution in [-0.2, 0) is 19.4 Å². The van der Waals surface area contributed by atoms with E-state index >= 15 is 0 Å². The molecule has 1 aliphatic heterocycles. The molecule has 0 aromatic heterocycles. The van der Waals surface area contributed by atoms with E-state index in [9.17, 15) is 13.2 Å². The van der Waals surface area contributed by atoms with Gasteiger partial charge in [0.2, 0.25) is 0 Å². The molecule has 7 heteroatoms. The number of carbonyl (C=O) groups is 1. The van der Waals surface area contributed by atoms with Crippen LogP contribution < -0.4 is 5.32 Å². The molecule has 54 heavy (non-hydrogen) atoms. The van der Waals surface area contributed by atoms with E-state index in [2.05, 4.69) is 70.5 Å². The topological polar surface area (TPSA) is 75.7 Å². The molecule has 0 spiro atoms. The van der Waals surface area contributed by atoms with Crippen molar-refractivity contribution in [2.24, 2.45) is 57.2 Å². The van der Waals surface area contributed by atoms with Crippen LogP contribution >= 0.6 is 0 Å². The van der Waals surface area contributed by atoms with Crippen LogP contribution in [0.1, 0.15) is 145 Å². The van der Waals surface area contributed by atoms with Gasteiger partial charge in [0.15, 0.2) is 0 Å². The van der Waals surface area contributed by atoms with Crippen molar-refractivity contribution in [3.8, 4) is 0 Å². The lowest BCUT2D eigenvalue weighted by Gasteiger charge is -2.72. The number of allylic oxidation sites excluding steroid dienone is 5. The molecule has 0 bridgehead atoms. The van der Waals surface area contributed by atoms with Gasteiger partial charge in [-0.15, -0.1) is 0 Å². The lowest BCUT2D eigenvalue weighted by atomic mass is 9.33. The minimum Gasteiger partial charge on any atom is -0.466 e. The number of hydrogen-bond acceptors (Lipinski definition) is 6. The maximum absolute atomic E-state index is 12.2. The third-order valence-corrected chi connectivity index (χ3v) is 20.0. The third kappa shape index (κ3) is 6.76. The van der Waals surface area contributed by atoms with Crippen molar-refractivity contribution >= 4 is 15.8 Å². The van der Waals surface area contributed by atoms with E-state index in [1.807, 2.05) is 6.92 Å².